The van der Waals surface area contributed by atoms with Gasteiger partial charge in [-0.2, -0.15) is 0 Å². The molecule has 166 valence electrons. The van der Waals surface area contributed by atoms with Crippen LogP contribution >= 0.6 is 0 Å². The first kappa shape index (κ1) is 22.6. The first-order chi connectivity index (χ1) is 14.9. The van der Waals surface area contributed by atoms with E-state index in [1.54, 1.807) is 24.4 Å². The molecule has 1 aromatic heterocycles. The number of hydrogen-bond donors (Lipinski definition) is 3. The van der Waals surface area contributed by atoms with Gasteiger partial charge in [-0.15, -0.1) is 0 Å². The van der Waals surface area contributed by atoms with Crippen LogP contribution in [0.4, 0.5) is 20.6 Å². The summed E-state index contributed by atoms with van der Waals surface area (Å²) in [4.78, 5) is 34.6. The van der Waals surface area contributed by atoms with Gasteiger partial charge in [-0.25, -0.2) is 14.7 Å². The number of urea groups is 1. The van der Waals surface area contributed by atoms with Gasteiger partial charge in [0.05, 0.1) is 18.5 Å². The summed E-state index contributed by atoms with van der Waals surface area (Å²) in [5.41, 5.74) is 4.95. The molecule has 3 amide bonds. The van der Waals surface area contributed by atoms with E-state index in [0.29, 0.717) is 30.4 Å². The standard InChI is InChI=1S/C22H28FN5O3/c1-15-3-4-20(12-24-15)25-22(30)26-21-10-18(9-19(23)11-21)13-28-7-5-17(6-8-28)14-31-27-16(2)29/h3-4,9-12,17H,5-8,13-14H2,1-2H3,(H,27,29)(H2,25,26,30). The van der Waals surface area contributed by atoms with E-state index < -0.39 is 11.8 Å². The summed E-state index contributed by atoms with van der Waals surface area (Å²) in [6.45, 7) is 6.07. The topological polar surface area (TPSA) is 95.6 Å². The minimum Gasteiger partial charge on any atom is -0.308 e. The number of hydroxylamine groups is 1. The molecule has 1 aromatic carbocycles. The fraction of sp³-hybridized carbons (Fsp3) is 0.409. The summed E-state index contributed by atoms with van der Waals surface area (Å²) in [6, 6.07) is 7.65. The molecule has 2 heterocycles. The minimum absolute atomic E-state index is 0.211. The quantitative estimate of drug-likeness (QED) is 0.586. The van der Waals surface area contributed by atoms with Gasteiger partial charge in [0, 0.05) is 24.8 Å². The fourth-order valence-corrected chi connectivity index (χ4v) is 3.48. The number of rotatable bonds is 7. The zero-order valence-corrected chi connectivity index (χ0v) is 17.8. The van der Waals surface area contributed by atoms with Gasteiger partial charge in [0.15, 0.2) is 0 Å². The number of carbonyl (C=O) groups excluding carboxylic acids is 2. The second-order valence-corrected chi connectivity index (χ2v) is 7.80. The van der Waals surface area contributed by atoms with Gasteiger partial charge in [0.25, 0.3) is 0 Å². The highest BCUT2D eigenvalue weighted by Gasteiger charge is 2.20. The summed E-state index contributed by atoms with van der Waals surface area (Å²) < 4.78 is 14.1. The number of anilines is 2. The maximum absolute atomic E-state index is 14.1. The van der Waals surface area contributed by atoms with Gasteiger partial charge in [0.1, 0.15) is 5.82 Å². The molecule has 3 rings (SSSR count). The van der Waals surface area contributed by atoms with Crippen molar-refractivity contribution in [2.24, 2.45) is 5.92 Å². The Bertz CT molecular complexity index is 899. The maximum Gasteiger partial charge on any atom is 0.323 e. The molecule has 0 atom stereocenters. The maximum atomic E-state index is 14.1. The number of aryl methyl sites for hydroxylation is 1. The van der Waals surface area contributed by atoms with E-state index in [9.17, 15) is 14.0 Å². The lowest BCUT2D eigenvalue weighted by Crippen LogP contribution is -2.36. The third kappa shape index (κ3) is 7.62. The third-order valence-electron chi connectivity index (χ3n) is 5.03. The van der Waals surface area contributed by atoms with Gasteiger partial charge in [-0.3, -0.25) is 19.5 Å². The van der Waals surface area contributed by atoms with E-state index in [1.807, 2.05) is 6.92 Å². The van der Waals surface area contributed by atoms with Crippen LogP contribution in [0.2, 0.25) is 0 Å². The summed E-state index contributed by atoms with van der Waals surface area (Å²) in [7, 11) is 0. The molecule has 1 aliphatic heterocycles. The van der Waals surface area contributed by atoms with E-state index in [4.69, 9.17) is 4.84 Å². The van der Waals surface area contributed by atoms with E-state index in [2.05, 4.69) is 26.0 Å². The van der Waals surface area contributed by atoms with Gasteiger partial charge >= 0.3 is 6.03 Å². The summed E-state index contributed by atoms with van der Waals surface area (Å²) in [6.07, 6.45) is 3.44. The number of amides is 3. The number of carbonyl (C=O) groups is 2. The SMILES string of the molecule is CC(=O)NOCC1CCN(Cc2cc(F)cc(NC(=O)Nc3ccc(C)nc3)c2)CC1. The Morgan fingerprint density at radius 2 is 1.90 bits per heavy atom. The average molecular weight is 429 g/mol. The smallest absolute Gasteiger partial charge is 0.308 e. The van der Waals surface area contributed by atoms with Crippen LogP contribution in [-0.2, 0) is 16.2 Å². The molecule has 0 unspecified atom stereocenters. The molecular formula is C22H28FN5O3. The normalized spacial score (nSPS) is 14.8. The van der Waals surface area contributed by atoms with E-state index in [0.717, 1.165) is 37.2 Å². The van der Waals surface area contributed by atoms with Gasteiger partial charge in [-0.1, -0.05) is 0 Å². The Balaban J connectivity index is 1.50. The minimum atomic E-state index is -0.456. The number of pyridine rings is 1. The van der Waals surface area contributed by atoms with Crippen LogP contribution in [0.25, 0.3) is 0 Å². The number of piperidine rings is 1. The van der Waals surface area contributed by atoms with Crippen LogP contribution in [-0.4, -0.2) is 41.5 Å². The predicted molar refractivity (Wildman–Crippen MR) is 116 cm³/mol. The van der Waals surface area contributed by atoms with Crippen molar-refractivity contribution in [2.45, 2.75) is 33.2 Å². The molecule has 8 nitrogen and oxygen atoms in total. The molecule has 0 bridgehead atoms. The summed E-state index contributed by atoms with van der Waals surface area (Å²) in [5.74, 6) is -0.228. The Morgan fingerprint density at radius 1 is 1.16 bits per heavy atom. The Labute approximate surface area is 181 Å². The molecule has 0 aliphatic carbocycles. The van der Waals surface area contributed by atoms with Crippen LogP contribution < -0.4 is 16.1 Å². The lowest BCUT2D eigenvalue weighted by Gasteiger charge is -2.31. The number of hydrogen-bond acceptors (Lipinski definition) is 5. The van der Waals surface area contributed by atoms with E-state index in [-0.39, 0.29) is 5.91 Å². The predicted octanol–water partition coefficient (Wildman–Crippen LogP) is 3.45. The summed E-state index contributed by atoms with van der Waals surface area (Å²) in [5, 5.41) is 5.36. The van der Waals surface area contributed by atoms with Crippen molar-refractivity contribution in [1.29, 1.82) is 0 Å². The molecule has 1 fully saturated rings. The highest BCUT2D eigenvalue weighted by molar-refractivity contribution is 5.99. The first-order valence-corrected chi connectivity index (χ1v) is 10.3. The molecule has 0 radical (unpaired) electrons. The van der Waals surface area contributed by atoms with E-state index in [1.165, 1.54) is 19.1 Å². The molecular weight excluding hydrogens is 401 g/mol. The van der Waals surface area contributed by atoms with Crippen LogP contribution in [0.1, 0.15) is 31.0 Å². The molecule has 31 heavy (non-hydrogen) atoms. The van der Waals surface area contributed by atoms with Crippen LogP contribution in [0.3, 0.4) is 0 Å². The Morgan fingerprint density at radius 3 is 2.58 bits per heavy atom. The zero-order chi connectivity index (χ0) is 22.2. The van der Waals surface area contributed by atoms with Crippen molar-refractivity contribution < 1.29 is 18.8 Å². The molecule has 1 aliphatic rings. The first-order valence-electron chi connectivity index (χ1n) is 10.3. The second kappa shape index (κ2) is 10.8. The van der Waals surface area contributed by atoms with Gasteiger partial charge in [0.2, 0.25) is 5.91 Å². The highest BCUT2D eigenvalue weighted by atomic mass is 19.1. The van der Waals surface area contributed by atoms with Crippen molar-refractivity contribution in [3.05, 3.63) is 53.6 Å². The largest absolute Gasteiger partial charge is 0.323 e. The number of likely N-dealkylation sites (tertiary alicyclic amines) is 1. The number of nitrogens with zero attached hydrogens (tertiary/aromatic N) is 2. The third-order valence-corrected chi connectivity index (χ3v) is 5.03. The molecule has 2 aromatic rings. The zero-order valence-electron chi connectivity index (χ0n) is 17.8. The molecule has 0 spiro atoms. The van der Waals surface area contributed by atoms with E-state index >= 15 is 0 Å². The number of halogens is 1. The Kier molecular flexibility index (Phi) is 7.91. The number of nitrogens with one attached hydrogen (secondary N) is 3. The lowest BCUT2D eigenvalue weighted by molar-refractivity contribution is -0.132. The van der Waals surface area contributed by atoms with Crippen LogP contribution in [0, 0.1) is 18.7 Å². The highest BCUT2D eigenvalue weighted by Crippen LogP contribution is 2.21. The number of aromatic nitrogens is 1. The average Bonchev–Trinajstić information content (AvgIpc) is 2.70. The van der Waals surface area contributed by atoms with Crippen molar-refractivity contribution in [3.8, 4) is 0 Å². The molecule has 3 N–H and O–H groups in total. The van der Waals surface area contributed by atoms with Crippen molar-refractivity contribution in [1.82, 2.24) is 15.4 Å². The lowest BCUT2D eigenvalue weighted by atomic mass is 9.97. The number of benzene rings is 1. The monoisotopic (exact) mass is 429 g/mol. The fourth-order valence-electron chi connectivity index (χ4n) is 3.48. The van der Waals surface area contributed by atoms with Crippen molar-refractivity contribution in [2.75, 3.05) is 30.3 Å². The Hall–Kier alpha value is -3.04. The van der Waals surface area contributed by atoms with Gasteiger partial charge in [-0.05, 0) is 74.7 Å². The van der Waals surface area contributed by atoms with Gasteiger partial charge < -0.3 is 10.6 Å². The van der Waals surface area contributed by atoms with Crippen molar-refractivity contribution in [3.63, 3.8) is 0 Å². The molecule has 0 saturated carbocycles. The molecule has 1 saturated heterocycles. The second-order valence-electron chi connectivity index (χ2n) is 7.80. The van der Waals surface area contributed by atoms with Crippen LogP contribution in [0.15, 0.2) is 36.5 Å². The molecule has 9 heteroatoms. The summed E-state index contributed by atoms with van der Waals surface area (Å²) >= 11 is 0. The van der Waals surface area contributed by atoms with Crippen LogP contribution in [0.5, 0.6) is 0 Å². The van der Waals surface area contributed by atoms with Crippen molar-refractivity contribution >= 4 is 23.3 Å².